The minimum absolute atomic E-state index is 0.0804. The molecule has 0 bridgehead atoms. The SMILES string of the molecule is CN(C)CCN(C(=S)NCc1ccc(F)cc1)[C@H]1CCS(=O)(=O)C1. The van der Waals surface area contributed by atoms with Crippen LogP contribution in [0.5, 0.6) is 0 Å². The fourth-order valence-corrected chi connectivity index (χ4v) is 4.70. The molecule has 8 heteroatoms. The molecular weight excluding hydrogens is 349 g/mol. The van der Waals surface area contributed by atoms with E-state index in [0.29, 0.717) is 24.6 Å². The molecule has 5 nitrogen and oxygen atoms in total. The van der Waals surface area contributed by atoms with E-state index in [1.165, 1.54) is 12.1 Å². The largest absolute Gasteiger partial charge is 0.358 e. The van der Waals surface area contributed by atoms with Gasteiger partial charge >= 0.3 is 0 Å². The standard InChI is InChI=1S/C16H24FN3O2S2/c1-19(2)8-9-20(15-7-10-24(21,22)12-15)16(23)18-11-13-3-5-14(17)6-4-13/h3-6,15H,7-12H2,1-2H3,(H,18,23)/t15-/m0/s1. The van der Waals surface area contributed by atoms with E-state index in [0.717, 1.165) is 12.1 Å². The smallest absolute Gasteiger partial charge is 0.169 e. The van der Waals surface area contributed by atoms with Crippen molar-refractivity contribution in [3.05, 3.63) is 35.6 Å². The summed E-state index contributed by atoms with van der Waals surface area (Å²) in [6, 6.07) is 6.15. The lowest BCUT2D eigenvalue weighted by Gasteiger charge is -2.32. The first-order valence-corrected chi connectivity index (χ1v) is 10.1. The van der Waals surface area contributed by atoms with Crippen LogP contribution >= 0.6 is 12.2 Å². The van der Waals surface area contributed by atoms with Crippen LogP contribution in [-0.2, 0) is 16.4 Å². The molecule has 1 aliphatic rings. The molecule has 1 aromatic rings. The topological polar surface area (TPSA) is 52.6 Å². The van der Waals surface area contributed by atoms with Crippen LogP contribution in [0.25, 0.3) is 0 Å². The quantitative estimate of drug-likeness (QED) is 0.758. The van der Waals surface area contributed by atoms with Crippen molar-refractivity contribution in [1.82, 2.24) is 15.1 Å². The molecule has 0 amide bonds. The molecule has 1 saturated heterocycles. The van der Waals surface area contributed by atoms with Crippen LogP contribution in [0.3, 0.4) is 0 Å². The highest BCUT2D eigenvalue weighted by Gasteiger charge is 2.33. The van der Waals surface area contributed by atoms with Gasteiger partial charge in [-0.25, -0.2) is 12.8 Å². The van der Waals surface area contributed by atoms with Crippen molar-refractivity contribution in [3.63, 3.8) is 0 Å². The van der Waals surface area contributed by atoms with Crippen molar-refractivity contribution in [3.8, 4) is 0 Å². The lowest BCUT2D eigenvalue weighted by molar-refractivity contribution is 0.283. The molecule has 1 fully saturated rings. The number of nitrogens with zero attached hydrogens (tertiary/aromatic N) is 2. The van der Waals surface area contributed by atoms with Gasteiger partial charge in [0.1, 0.15) is 5.82 Å². The van der Waals surface area contributed by atoms with E-state index < -0.39 is 9.84 Å². The Kier molecular flexibility index (Phi) is 6.54. The second-order valence-corrected chi connectivity index (χ2v) is 8.95. The Morgan fingerprint density at radius 1 is 1.29 bits per heavy atom. The average molecular weight is 374 g/mol. The number of sulfone groups is 1. The Balaban J connectivity index is 1.99. The van der Waals surface area contributed by atoms with Crippen LogP contribution < -0.4 is 5.32 Å². The Hall–Kier alpha value is -1.25. The minimum Gasteiger partial charge on any atom is -0.358 e. The summed E-state index contributed by atoms with van der Waals surface area (Å²) in [6.45, 7) is 1.94. The number of nitrogens with one attached hydrogen (secondary N) is 1. The maximum Gasteiger partial charge on any atom is 0.169 e. The van der Waals surface area contributed by atoms with Crippen LogP contribution in [0, 0.1) is 5.82 Å². The van der Waals surface area contributed by atoms with E-state index in [9.17, 15) is 12.8 Å². The average Bonchev–Trinajstić information content (AvgIpc) is 2.86. The fraction of sp³-hybridized carbons (Fsp3) is 0.562. The predicted molar refractivity (Wildman–Crippen MR) is 98.2 cm³/mol. The third-order valence-corrected chi connectivity index (χ3v) is 6.18. The zero-order valence-corrected chi connectivity index (χ0v) is 15.7. The molecule has 1 heterocycles. The predicted octanol–water partition coefficient (Wildman–Crippen LogP) is 1.25. The number of likely N-dealkylation sites (N-methyl/N-ethyl adjacent to an activating group) is 1. The molecule has 134 valence electrons. The summed E-state index contributed by atoms with van der Waals surface area (Å²) in [6.07, 6.45) is 0.605. The number of halogens is 1. The van der Waals surface area contributed by atoms with E-state index in [4.69, 9.17) is 12.2 Å². The van der Waals surface area contributed by atoms with Crippen molar-refractivity contribution in [2.75, 3.05) is 38.7 Å². The van der Waals surface area contributed by atoms with Gasteiger partial charge in [0.25, 0.3) is 0 Å². The summed E-state index contributed by atoms with van der Waals surface area (Å²) >= 11 is 5.49. The lowest BCUT2D eigenvalue weighted by Crippen LogP contribution is -2.48. The first-order valence-electron chi connectivity index (χ1n) is 7.91. The zero-order valence-electron chi connectivity index (χ0n) is 14.0. The highest BCUT2D eigenvalue weighted by atomic mass is 32.2. The normalized spacial score (nSPS) is 19.4. The van der Waals surface area contributed by atoms with Crippen molar-refractivity contribution in [2.24, 2.45) is 0 Å². The summed E-state index contributed by atoms with van der Waals surface area (Å²) in [7, 11) is 0.973. The third-order valence-electron chi connectivity index (χ3n) is 4.06. The second kappa shape index (κ2) is 8.22. The van der Waals surface area contributed by atoms with Crippen LogP contribution in [0.15, 0.2) is 24.3 Å². The summed E-state index contributed by atoms with van der Waals surface area (Å²) in [5.74, 6) is 0.0975. The molecule has 24 heavy (non-hydrogen) atoms. The minimum atomic E-state index is -2.97. The Bertz CT molecular complexity index is 662. The highest BCUT2D eigenvalue weighted by Crippen LogP contribution is 2.18. The van der Waals surface area contributed by atoms with Crippen LogP contribution in [0.2, 0.25) is 0 Å². The highest BCUT2D eigenvalue weighted by molar-refractivity contribution is 7.91. The third kappa shape index (κ3) is 5.68. The van der Waals surface area contributed by atoms with Gasteiger partial charge in [-0.1, -0.05) is 12.1 Å². The summed E-state index contributed by atoms with van der Waals surface area (Å²) in [5.41, 5.74) is 0.922. The molecule has 0 aromatic heterocycles. The Morgan fingerprint density at radius 2 is 1.96 bits per heavy atom. The molecule has 0 unspecified atom stereocenters. The van der Waals surface area contributed by atoms with Gasteiger partial charge in [0.05, 0.1) is 11.5 Å². The number of hydrogen-bond donors (Lipinski definition) is 1. The molecule has 0 radical (unpaired) electrons. The zero-order chi connectivity index (χ0) is 17.7. The summed E-state index contributed by atoms with van der Waals surface area (Å²) in [4.78, 5) is 4.02. The van der Waals surface area contributed by atoms with E-state index >= 15 is 0 Å². The molecule has 1 atom stereocenters. The first kappa shape index (κ1) is 19.1. The van der Waals surface area contributed by atoms with Gasteiger partial charge in [-0.2, -0.15) is 0 Å². The van der Waals surface area contributed by atoms with Gasteiger partial charge in [0.15, 0.2) is 14.9 Å². The Labute approximate surface area is 148 Å². The number of thiocarbonyl (C=S) groups is 1. The Morgan fingerprint density at radius 3 is 2.50 bits per heavy atom. The molecule has 0 spiro atoms. The molecule has 1 aromatic carbocycles. The van der Waals surface area contributed by atoms with Crippen LogP contribution in [-0.4, -0.2) is 68.1 Å². The van der Waals surface area contributed by atoms with Crippen molar-refractivity contribution < 1.29 is 12.8 Å². The maximum absolute atomic E-state index is 13.0. The molecule has 1 aliphatic heterocycles. The van der Waals surface area contributed by atoms with Gasteiger partial charge in [-0.05, 0) is 50.4 Å². The van der Waals surface area contributed by atoms with E-state index in [1.807, 2.05) is 23.9 Å². The molecule has 1 N–H and O–H groups in total. The van der Waals surface area contributed by atoms with Crippen molar-refractivity contribution >= 4 is 27.2 Å². The first-order chi connectivity index (χ1) is 11.3. The van der Waals surface area contributed by atoms with Crippen molar-refractivity contribution in [2.45, 2.75) is 19.0 Å². The van der Waals surface area contributed by atoms with E-state index in [1.54, 1.807) is 12.1 Å². The van der Waals surface area contributed by atoms with Gasteiger partial charge in [-0.3, -0.25) is 0 Å². The summed E-state index contributed by atoms with van der Waals surface area (Å²) in [5, 5.41) is 3.71. The maximum atomic E-state index is 13.0. The molecular formula is C16H24FN3O2S2. The number of hydrogen-bond acceptors (Lipinski definition) is 4. The van der Waals surface area contributed by atoms with E-state index in [-0.39, 0.29) is 23.4 Å². The fourth-order valence-electron chi connectivity index (χ4n) is 2.66. The monoisotopic (exact) mass is 373 g/mol. The summed E-state index contributed by atoms with van der Waals surface area (Å²) < 4.78 is 36.5. The molecule has 2 rings (SSSR count). The van der Waals surface area contributed by atoms with Crippen molar-refractivity contribution in [1.29, 1.82) is 0 Å². The van der Waals surface area contributed by atoms with Crippen LogP contribution in [0.4, 0.5) is 4.39 Å². The molecule has 0 aliphatic carbocycles. The molecule has 0 saturated carbocycles. The van der Waals surface area contributed by atoms with Gasteiger partial charge < -0.3 is 15.1 Å². The lowest BCUT2D eigenvalue weighted by atomic mass is 10.2. The van der Waals surface area contributed by atoms with E-state index in [2.05, 4.69) is 5.32 Å². The number of benzene rings is 1. The van der Waals surface area contributed by atoms with Gasteiger partial charge in [0.2, 0.25) is 0 Å². The van der Waals surface area contributed by atoms with Gasteiger partial charge in [-0.15, -0.1) is 0 Å². The van der Waals surface area contributed by atoms with Gasteiger partial charge in [0, 0.05) is 25.7 Å². The van der Waals surface area contributed by atoms with Crippen LogP contribution in [0.1, 0.15) is 12.0 Å². The second-order valence-electron chi connectivity index (χ2n) is 6.34. The number of rotatable bonds is 6.